The molecule has 0 spiro atoms. The Hall–Kier alpha value is -1.34. The van der Waals surface area contributed by atoms with Gasteiger partial charge in [-0.3, -0.25) is 0 Å². The molecule has 0 aliphatic carbocycles. The maximum Gasteiger partial charge on any atom is 0.0352 e. The first-order valence-electron chi connectivity index (χ1n) is 5.61. The highest BCUT2D eigenvalue weighted by atomic mass is 32.1. The van der Waals surface area contributed by atoms with Crippen molar-refractivity contribution in [1.29, 1.82) is 0 Å². The number of rotatable bonds is 3. The molecular weight excluding hydrogens is 212 g/mol. The number of fused-ring (bicyclic) bond motifs is 1. The molecule has 0 bridgehead atoms. The van der Waals surface area contributed by atoms with Gasteiger partial charge in [-0.2, -0.15) is 0 Å². The number of hydrogen-bond donors (Lipinski definition) is 0. The second-order valence-electron chi connectivity index (χ2n) is 3.70. The molecule has 0 atom stereocenters. The van der Waals surface area contributed by atoms with Gasteiger partial charge in [0.25, 0.3) is 0 Å². The van der Waals surface area contributed by atoms with Gasteiger partial charge in [-0.25, -0.2) is 0 Å². The highest BCUT2D eigenvalue weighted by Crippen LogP contribution is 2.36. The van der Waals surface area contributed by atoms with Gasteiger partial charge in [0.1, 0.15) is 0 Å². The van der Waals surface area contributed by atoms with Crippen molar-refractivity contribution >= 4 is 27.0 Å². The summed E-state index contributed by atoms with van der Waals surface area (Å²) in [5, 5.41) is 1.36. The van der Waals surface area contributed by atoms with Crippen molar-refractivity contribution in [2.45, 2.75) is 20.3 Å². The van der Waals surface area contributed by atoms with Crippen LogP contribution in [0.5, 0.6) is 0 Å². The molecule has 1 heterocycles. The molecule has 0 nitrogen and oxygen atoms in total. The van der Waals surface area contributed by atoms with Crippen molar-refractivity contribution < 1.29 is 0 Å². The third kappa shape index (κ3) is 1.72. The Balaban J connectivity index is 2.78. The fourth-order valence-corrected chi connectivity index (χ4v) is 3.19. The monoisotopic (exact) mass is 228 g/mol. The maximum atomic E-state index is 3.91. The molecule has 0 aliphatic rings. The first-order valence-corrected chi connectivity index (χ1v) is 6.43. The minimum atomic E-state index is 1.08. The third-order valence-corrected chi connectivity index (χ3v) is 4.12. The minimum absolute atomic E-state index is 1.08. The summed E-state index contributed by atoms with van der Waals surface area (Å²) in [4.78, 5) is 1.45. The summed E-state index contributed by atoms with van der Waals surface area (Å²) in [6.45, 7) is 8.19. The molecule has 2 aromatic rings. The molecule has 1 heteroatoms. The lowest BCUT2D eigenvalue weighted by Gasteiger charge is -2.03. The molecular formula is C15H16S. The molecule has 1 aromatic heterocycles. The molecule has 0 saturated heterocycles. The standard InChI is InChI=1S/C15H16S/c1-4-11(5-2)15-12-9-7-8-10-14(12)16-13(15)6-3/h4-5,7-10H,1,6H2,2-3H3. The highest BCUT2D eigenvalue weighted by molar-refractivity contribution is 7.19. The van der Waals surface area contributed by atoms with E-state index in [4.69, 9.17) is 0 Å². The maximum absolute atomic E-state index is 3.91. The fourth-order valence-electron chi connectivity index (χ4n) is 2.03. The van der Waals surface area contributed by atoms with Gasteiger partial charge < -0.3 is 0 Å². The summed E-state index contributed by atoms with van der Waals surface area (Å²) < 4.78 is 1.37. The van der Waals surface area contributed by atoms with Crippen LogP contribution in [0, 0.1) is 0 Å². The Morgan fingerprint density at radius 3 is 2.75 bits per heavy atom. The number of thiophene rings is 1. The van der Waals surface area contributed by atoms with E-state index in [0.717, 1.165) is 6.42 Å². The van der Waals surface area contributed by atoms with E-state index in [1.54, 1.807) is 0 Å². The first-order chi connectivity index (χ1) is 7.81. The van der Waals surface area contributed by atoms with Crippen LogP contribution in [0.1, 0.15) is 24.3 Å². The summed E-state index contributed by atoms with van der Waals surface area (Å²) in [5.74, 6) is 0. The lowest BCUT2D eigenvalue weighted by Crippen LogP contribution is -1.84. The van der Waals surface area contributed by atoms with Crippen LogP contribution in [0.4, 0.5) is 0 Å². The van der Waals surface area contributed by atoms with E-state index in [-0.39, 0.29) is 0 Å². The van der Waals surface area contributed by atoms with E-state index in [1.165, 1.54) is 26.1 Å². The van der Waals surface area contributed by atoms with Gasteiger partial charge in [0, 0.05) is 20.5 Å². The summed E-state index contributed by atoms with van der Waals surface area (Å²) in [5.41, 5.74) is 2.62. The predicted octanol–water partition coefficient (Wildman–Crippen LogP) is 5.05. The van der Waals surface area contributed by atoms with Crippen LogP contribution in [0.25, 0.3) is 15.7 Å². The second kappa shape index (κ2) is 4.67. The average molecular weight is 228 g/mol. The molecule has 0 radical (unpaired) electrons. The molecule has 0 saturated carbocycles. The lowest BCUT2D eigenvalue weighted by atomic mass is 10.0. The molecule has 0 amide bonds. The van der Waals surface area contributed by atoms with Gasteiger partial charge in [-0.05, 0) is 25.0 Å². The van der Waals surface area contributed by atoms with Gasteiger partial charge >= 0.3 is 0 Å². The van der Waals surface area contributed by atoms with Crippen LogP contribution in [0.2, 0.25) is 0 Å². The summed E-state index contributed by atoms with van der Waals surface area (Å²) in [6.07, 6.45) is 5.17. The Bertz CT molecular complexity index is 544. The van der Waals surface area contributed by atoms with Crippen LogP contribution in [0.15, 0.2) is 43.0 Å². The van der Waals surface area contributed by atoms with E-state index < -0.39 is 0 Å². The largest absolute Gasteiger partial charge is 0.140 e. The molecule has 2 rings (SSSR count). The highest BCUT2D eigenvalue weighted by Gasteiger charge is 2.11. The van der Waals surface area contributed by atoms with E-state index >= 15 is 0 Å². The van der Waals surface area contributed by atoms with E-state index in [2.05, 4.69) is 50.8 Å². The SMILES string of the molecule is C=CC(=CC)c1c(CC)sc2ccccc12. The van der Waals surface area contributed by atoms with Crippen molar-refractivity contribution in [3.8, 4) is 0 Å². The zero-order valence-corrected chi connectivity index (χ0v) is 10.6. The molecule has 0 N–H and O–H groups in total. The van der Waals surface area contributed by atoms with Gasteiger partial charge in [0.05, 0.1) is 0 Å². The summed E-state index contributed by atoms with van der Waals surface area (Å²) in [6, 6.07) is 8.60. The number of benzene rings is 1. The molecule has 82 valence electrons. The van der Waals surface area contributed by atoms with Gasteiger partial charge in [-0.1, -0.05) is 43.9 Å². The van der Waals surface area contributed by atoms with Crippen LogP contribution in [-0.4, -0.2) is 0 Å². The van der Waals surface area contributed by atoms with E-state index in [9.17, 15) is 0 Å². The number of allylic oxidation sites excluding steroid dienone is 3. The minimum Gasteiger partial charge on any atom is -0.140 e. The van der Waals surface area contributed by atoms with Crippen LogP contribution in [-0.2, 0) is 6.42 Å². The molecule has 0 aliphatic heterocycles. The summed E-state index contributed by atoms with van der Waals surface area (Å²) in [7, 11) is 0. The van der Waals surface area contributed by atoms with Crippen LogP contribution >= 0.6 is 11.3 Å². The quantitative estimate of drug-likeness (QED) is 0.645. The normalized spacial score (nSPS) is 12.0. The van der Waals surface area contributed by atoms with Crippen LogP contribution < -0.4 is 0 Å². The zero-order chi connectivity index (χ0) is 11.5. The number of hydrogen-bond acceptors (Lipinski definition) is 1. The Morgan fingerprint density at radius 1 is 1.38 bits per heavy atom. The Morgan fingerprint density at radius 2 is 2.12 bits per heavy atom. The lowest BCUT2D eigenvalue weighted by molar-refractivity contribution is 1.18. The van der Waals surface area contributed by atoms with Crippen molar-refractivity contribution in [2.24, 2.45) is 0 Å². The van der Waals surface area contributed by atoms with E-state index in [1.807, 2.05) is 17.4 Å². The molecule has 1 aromatic carbocycles. The van der Waals surface area contributed by atoms with Crippen LogP contribution in [0.3, 0.4) is 0 Å². The third-order valence-electron chi connectivity index (χ3n) is 2.81. The van der Waals surface area contributed by atoms with Gasteiger partial charge in [0.15, 0.2) is 0 Å². The summed E-state index contributed by atoms with van der Waals surface area (Å²) >= 11 is 1.89. The second-order valence-corrected chi connectivity index (χ2v) is 4.83. The topological polar surface area (TPSA) is 0 Å². The zero-order valence-electron chi connectivity index (χ0n) is 9.79. The van der Waals surface area contributed by atoms with Crippen molar-refractivity contribution in [2.75, 3.05) is 0 Å². The fraction of sp³-hybridized carbons (Fsp3) is 0.200. The number of aryl methyl sites for hydroxylation is 1. The van der Waals surface area contributed by atoms with Gasteiger partial charge in [0.2, 0.25) is 0 Å². The smallest absolute Gasteiger partial charge is 0.0352 e. The Labute approximate surface area is 101 Å². The molecule has 0 unspecified atom stereocenters. The molecule has 0 fully saturated rings. The van der Waals surface area contributed by atoms with Crippen molar-refractivity contribution in [1.82, 2.24) is 0 Å². The molecule has 16 heavy (non-hydrogen) atoms. The Kier molecular flexibility index (Phi) is 3.25. The average Bonchev–Trinajstić information content (AvgIpc) is 2.70. The van der Waals surface area contributed by atoms with E-state index in [0.29, 0.717) is 0 Å². The van der Waals surface area contributed by atoms with Crippen molar-refractivity contribution in [3.63, 3.8) is 0 Å². The first kappa shape index (κ1) is 11.2. The van der Waals surface area contributed by atoms with Gasteiger partial charge in [-0.15, -0.1) is 11.3 Å². The predicted molar refractivity (Wildman–Crippen MR) is 75.1 cm³/mol. The van der Waals surface area contributed by atoms with Crippen molar-refractivity contribution in [3.05, 3.63) is 53.4 Å².